The topological polar surface area (TPSA) is 101 Å². The molecule has 1 N–H and O–H groups in total. The molecule has 1 amide bonds. The number of nitrogens with one attached hydrogen (secondary N) is 1. The van der Waals surface area contributed by atoms with Crippen LogP contribution in [0.25, 0.3) is 0 Å². The summed E-state index contributed by atoms with van der Waals surface area (Å²) in [7, 11) is 0. The van der Waals surface area contributed by atoms with Crippen molar-refractivity contribution in [2.24, 2.45) is 0 Å². The number of carbonyl (C=O) groups excluding carboxylic acids is 2. The first-order chi connectivity index (χ1) is 11.4. The molecule has 0 unspecified atom stereocenters. The van der Waals surface area contributed by atoms with E-state index in [4.69, 9.17) is 9.47 Å². The molecule has 1 aromatic rings. The number of aromatic nitrogens is 1. The van der Waals surface area contributed by atoms with Crippen LogP contribution in [0.3, 0.4) is 0 Å². The van der Waals surface area contributed by atoms with Crippen molar-refractivity contribution < 1.29 is 19.1 Å². The number of pyridine rings is 1. The van der Waals surface area contributed by atoms with Gasteiger partial charge in [0.15, 0.2) is 0 Å². The molecule has 0 aliphatic rings. The van der Waals surface area contributed by atoms with Gasteiger partial charge in [0.1, 0.15) is 17.2 Å². The minimum atomic E-state index is -0.995. The van der Waals surface area contributed by atoms with Gasteiger partial charge in [-0.1, -0.05) is 0 Å². The monoisotopic (exact) mass is 347 g/mol. The molecule has 0 fully saturated rings. The maximum Gasteiger partial charge on any atom is 0.408 e. The van der Waals surface area contributed by atoms with Gasteiger partial charge in [-0.2, -0.15) is 5.26 Å². The van der Waals surface area contributed by atoms with Crippen LogP contribution < -0.4 is 5.32 Å². The number of carbonyl (C=O) groups is 2. The Morgan fingerprint density at radius 3 is 2.32 bits per heavy atom. The van der Waals surface area contributed by atoms with Crippen LogP contribution in [0.4, 0.5) is 4.79 Å². The lowest BCUT2D eigenvalue weighted by molar-refractivity contribution is -0.157. The lowest BCUT2D eigenvalue weighted by Gasteiger charge is -2.26. The summed E-state index contributed by atoms with van der Waals surface area (Å²) < 4.78 is 10.6. The average Bonchev–Trinajstić information content (AvgIpc) is 2.43. The Hall–Kier alpha value is -2.62. The van der Waals surface area contributed by atoms with Gasteiger partial charge in [-0.3, -0.25) is 4.98 Å². The third-order valence-corrected chi connectivity index (χ3v) is 2.83. The van der Waals surface area contributed by atoms with E-state index in [1.165, 1.54) is 12.4 Å². The van der Waals surface area contributed by atoms with Gasteiger partial charge >= 0.3 is 12.1 Å². The summed E-state index contributed by atoms with van der Waals surface area (Å²) in [4.78, 5) is 28.5. The molecular formula is C18H25N3O4. The van der Waals surface area contributed by atoms with Crippen LogP contribution in [-0.2, 0) is 20.7 Å². The molecule has 136 valence electrons. The minimum absolute atomic E-state index is 0.0743. The summed E-state index contributed by atoms with van der Waals surface area (Å²) in [5.41, 5.74) is -0.487. The van der Waals surface area contributed by atoms with Gasteiger partial charge in [0, 0.05) is 18.8 Å². The molecule has 0 radical (unpaired) electrons. The molecule has 7 nitrogen and oxygen atoms in total. The van der Waals surface area contributed by atoms with Gasteiger partial charge in [-0.05, 0) is 53.2 Å². The molecule has 0 aliphatic heterocycles. The minimum Gasteiger partial charge on any atom is -0.458 e. The molecule has 0 spiro atoms. The summed E-state index contributed by atoms with van der Waals surface area (Å²) >= 11 is 0. The molecule has 0 saturated heterocycles. The second kappa shape index (κ2) is 7.97. The lowest BCUT2D eigenvalue weighted by atomic mass is 10.0. The van der Waals surface area contributed by atoms with Crippen LogP contribution in [0.1, 0.15) is 52.7 Å². The zero-order valence-electron chi connectivity index (χ0n) is 15.5. The number of alkyl carbamates (subject to hydrolysis) is 1. The summed E-state index contributed by atoms with van der Waals surface area (Å²) in [6.07, 6.45) is 2.33. The Bertz CT molecular complexity index is 666. The van der Waals surface area contributed by atoms with Crippen LogP contribution in [0, 0.1) is 11.3 Å². The van der Waals surface area contributed by atoms with Gasteiger partial charge in [0.25, 0.3) is 0 Å². The summed E-state index contributed by atoms with van der Waals surface area (Å²) in [6.45, 7) is 10.4. The Balaban J connectivity index is 3.01. The van der Waals surface area contributed by atoms with Crippen LogP contribution in [0.15, 0.2) is 18.5 Å². The number of nitrogens with zero attached hydrogens (tertiary/aromatic N) is 2. The Morgan fingerprint density at radius 1 is 1.20 bits per heavy atom. The Labute approximate surface area is 148 Å². The van der Waals surface area contributed by atoms with Crippen LogP contribution >= 0.6 is 0 Å². The van der Waals surface area contributed by atoms with Crippen molar-refractivity contribution in [2.75, 3.05) is 0 Å². The maximum atomic E-state index is 12.5. The molecule has 1 rings (SSSR count). The zero-order valence-corrected chi connectivity index (χ0v) is 15.5. The summed E-state index contributed by atoms with van der Waals surface area (Å²) in [6, 6.07) is 2.60. The third kappa shape index (κ3) is 7.66. The second-order valence-electron chi connectivity index (χ2n) is 7.58. The quantitative estimate of drug-likeness (QED) is 0.840. The smallest absolute Gasteiger partial charge is 0.408 e. The summed E-state index contributed by atoms with van der Waals surface area (Å²) in [5.74, 6) is -0.605. The number of rotatable bonds is 4. The van der Waals surface area contributed by atoms with Gasteiger partial charge in [-0.15, -0.1) is 0 Å². The van der Waals surface area contributed by atoms with Gasteiger partial charge in [-0.25, -0.2) is 9.59 Å². The van der Waals surface area contributed by atoms with Gasteiger partial charge < -0.3 is 14.8 Å². The Kier molecular flexibility index (Phi) is 6.51. The van der Waals surface area contributed by atoms with Crippen molar-refractivity contribution in [2.45, 2.75) is 65.2 Å². The van der Waals surface area contributed by atoms with Crippen LogP contribution in [-0.4, -0.2) is 34.3 Å². The molecule has 1 aromatic heterocycles. The first-order valence-electron chi connectivity index (χ1n) is 7.96. The predicted octanol–water partition coefficient (Wildman–Crippen LogP) is 2.73. The number of esters is 1. The SMILES string of the molecule is CC(C)(C)OC(=O)N[C@@H](Cc1cnccc1C#N)C(=O)OC(C)(C)C. The zero-order chi connectivity index (χ0) is 19.3. The van der Waals surface area contributed by atoms with E-state index in [-0.39, 0.29) is 6.42 Å². The van der Waals surface area contributed by atoms with E-state index in [1.807, 2.05) is 6.07 Å². The lowest BCUT2D eigenvalue weighted by Crippen LogP contribution is -2.47. The van der Waals surface area contributed by atoms with E-state index in [9.17, 15) is 14.9 Å². The fourth-order valence-corrected chi connectivity index (χ4v) is 1.93. The van der Waals surface area contributed by atoms with Crippen LogP contribution in [0.2, 0.25) is 0 Å². The fraction of sp³-hybridized carbons (Fsp3) is 0.556. The molecule has 0 saturated carbocycles. The molecule has 0 aliphatic carbocycles. The largest absolute Gasteiger partial charge is 0.458 e. The maximum absolute atomic E-state index is 12.5. The Morgan fingerprint density at radius 2 is 1.80 bits per heavy atom. The number of amides is 1. The van der Waals surface area contributed by atoms with Crippen molar-refractivity contribution in [3.8, 4) is 6.07 Å². The first kappa shape index (κ1) is 20.4. The van der Waals surface area contributed by atoms with Crippen molar-refractivity contribution in [3.05, 3.63) is 29.6 Å². The highest BCUT2D eigenvalue weighted by molar-refractivity contribution is 5.82. The van der Waals surface area contributed by atoms with E-state index in [1.54, 1.807) is 47.6 Å². The first-order valence-corrected chi connectivity index (χ1v) is 7.96. The molecule has 0 aromatic carbocycles. The van der Waals surface area contributed by atoms with E-state index in [0.29, 0.717) is 11.1 Å². The average molecular weight is 347 g/mol. The predicted molar refractivity (Wildman–Crippen MR) is 91.7 cm³/mol. The number of hydrogen-bond donors (Lipinski definition) is 1. The molecule has 0 bridgehead atoms. The number of nitriles is 1. The molecule has 1 atom stereocenters. The van der Waals surface area contributed by atoms with Crippen molar-refractivity contribution >= 4 is 12.1 Å². The number of ether oxygens (including phenoxy) is 2. The van der Waals surface area contributed by atoms with E-state index < -0.39 is 29.3 Å². The number of hydrogen-bond acceptors (Lipinski definition) is 6. The van der Waals surface area contributed by atoms with Crippen molar-refractivity contribution in [1.29, 1.82) is 5.26 Å². The van der Waals surface area contributed by atoms with Gasteiger partial charge in [0.2, 0.25) is 0 Å². The van der Waals surface area contributed by atoms with E-state index >= 15 is 0 Å². The molecular weight excluding hydrogens is 322 g/mol. The normalized spacial score (nSPS) is 12.7. The molecule has 25 heavy (non-hydrogen) atoms. The third-order valence-electron chi connectivity index (χ3n) is 2.83. The van der Waals surface area contributed by atoms with Gasteiger partial charge in [0.05, 0.1) is 11.6 Å². The van der Waals surface area contributed by atoms with Crippen molar-refractivity contribution in [1.82, 2.24) is 10.3 Å². The highest BCUT2D eigenvalue weighted by Gasteiger charge is 2.29. The molecule has 7 heteroatoms. The standard InChI is InChI=1S/C18H25N3O4/c1-17(2,3)24-15(22)14(21-16(23)25-18(4,5)6)9-13-11-20-8-7-12(13)10-19/h7-8,11,14H,9H2,1-6H3,(H,21,23)/t14-/m0/s1. The fourth-order valence-electron chi connectivity index (χ4n) is 1.93. The van der Waals surface area contributed by atoms with E-state index in [0.717, 1.165) is 0 Å². The second-order valence-corrected chi connectivity index (χ2v) is 7.58. The highest BCUT2D eigenvalue weighted by atomic mass is 16.6. The highest BCUT2D eigenvalue weighted by Crippen LogP contribution is 2.14. The van der Waals surface area contributed by atoms with E-state index in [2.05, 4.69) is 10.3 Å². The summed E-state index contributed by atoms with van der Waals surface area (Å²) in [5, 5.41) is 11.7. The van der Waals surface area contributed by atoms with Crippen molar-refractivity contribution in [3.63, 3.8) is 0 Å². The van der Waals surface area contributed by atoms with Crippen LogP contribution in [0.5, 0.6) is 0 Å². The molecule has 1 heterocycles.